The van der Waals surface area contributed by atoms with Gasteiger partial charge >= 0.3 is 0 Å². The summed E-state index contributed by atoms with van der Waals surface area (Å²) in [6.45, 7) is 6.90. The van der Waals surface area contributed by atoms with Crippen molar-refractivity contribution in [3.63, 3.8) is 0 Å². The molecule has 1 aromatic heterocycles. The van der Waals surface area contributed by atoms with Gasteiger partial charge in [-0.2, -0.15) is 0 Å². The number of carbonyl (C=O) groups excluding carboxylic acids is 2. The van der Waals surface area contributed by atoms with Crippen LogP contribution in [-0.4, -0.2) is 57.6 Å². The molecule has 0 unspecified atom stereocenters. The number of aromatic nitrogens is 1. The average molecular weight is 464 g/mol. The smallest absolute Gasteiger partial charge is 0.272 e. The summed E-state index contributed by atoms with van der Waals surface area (Å²) in [7, 11) is 0. The molecular formula is C24H28F3N3O3. The minimum atomic E-state index is -1.07. The highest BCUT2D eigenvalue weighted by atomic mass is 19.1. The lowest BCUT2D eigenvalue weighted by Crippen LogP contribution is -2.54. The first-order valence-electron chi connectivity index (χ1n) is 11.1. The number of pyridine rings is 1. The Morgan fingerprint density at radius 3 is 2.67 bits per heavy atom. The van der Waals surface area contributed by atoms with Crippen molar-refractivity contribution >= 4 is 11.8 Å². The number of hydrogen-bond donors (Lipinski definition) is 0. The highest BCUT2D eigenvalue weighted by molar-refractivity contribution is 5.93. The molecule has 3 aliphatic rings. The highest BCUT2D eigenvalue weighted by Crippen LogP contribution is 2.49. The topological polar surface area (TPSA) is 62.7 Å². The normalized spacial score (nSPS) is 26.5. The molecule has 3 saturated heterocycles. The zero-order valence-electron chi connectivity index (χ0n) is 18.8. The first-order valence-corrected chi connectivity index (χ1v) is 11.1. The van der Waals surface area contributed by atoms with Gasteiger partial charge in [0.15, 0.2) is 5.60 Å². The zero-order chi connectivity index (χ0) is 24.0. The Kier molecular flexibility index (Phi) is 6.11. The van der Waals surface area contributed by atoms with Gasteiger partial charge in [-0.25, -0.2) is 13.2 Å². The molecule has 0 N–H and O–H groups in total. The third-order valence-electron chi connectivity index (χ3n) is 6.98. The van der Waals surface area contributed by atoms with Crippen LogP contribution in [0.5, 0.6) is 0 Å². The molecule has 178 valence electrons. The second kappa shape index (κ2) is 8.59. The van der Waals surface area contributed by atoms with Crippen molar-refractivity contribution in [1.29, 1.82) is 0 Å². The van der Waals surface area contributed by atoms with Gasteiger partial charge < -0.3 is 14.5 Å². The van der Waals surface area contributed by atoms with Crippen LogP contribution in [0, 0.1) is 11.2 Å². The number of piperidine rings is 1. The predicted molar refractivity (Wildman–Crippen MR) is 115 cm³/mol. The van der Waals surface area contributed by atoms with Gasteiger partial charge in [-0.15, -0.1) is 0 Å². The van der Waals surface area contributed by atoms with Crippen LogP contribution in [0.4, 0.5) is 13.2 Å². The Morgan fingerprint density at radius 1 is 1.36 bits per heavy atom. The van der Waals surface area contributed by atoms with Gasteiger partial charge in [0.1, 0.15) is 17.7 Å². The molecule has 1 aromatic rings. The third-order valence-corrected chi connectivity index (χ3v) is 6.98. The van der Waals surface area contributed by atoms with E-state index in [2.05, 4.69) is 11.6 Å². The summed E-state index contributed by atoms with van der Waals surface area (Å²) in [5, 5.41) is 0. The van der Waals surface area contributed by atoms with Crippen LogP contribution < -0.4 is 0 Å². The van der Waals surface area contributed by atoms with E-state index >= 15 is 0 Å². The number of fused-ring (bicyclic) bond motifs is 1. The molecule has 4 rings (SSSR count). The fourth-order valence-electron chi connectivity index (χ4n) is 5.58. The zero-order valence-corrected chi connectivity index (χ0v) is 18.8. The molecule has 0 radical (unpaired) electrons. The van der Waals surface area contributed by atoms with Gasteiger partial charge in [-0.3, -0.25) is 14.6 Å². The van der Waals surface area contributed by atoms with E-state index in [4.69, 9.17) is 4.74 Å². The maximum Gasteiger partial charge on any atom is 0.272 e. The van der Waals surface area contributed by atoms with E-state index in [9.17, 15) is 22.8 Å². The van der Waals surface area contributed by atoms with E-state index in [1.165, 1.54) is 30.2 Å². The second-order valence-corrected chi connectivity index (χ2v) is 9.45. The Balaban J connectivity index is 1.50. The predicted octanol–water partition coefficient (Wildman–Crippen LogP) is 4.30. The lowest BCUT2D eigenvalue weighted by molar-refractivity contribution is -0.143. The Hall–Kier alpha value is -2.68. The molecule has 9 heteroatoms. The number of allylic oxidation sites excluding steroid dienone is 2. The lowest BCUT2D eigenvalue weighted by Gasteiger charge is -2.40. The number of hydrogen-bond acceptors (Lipinski definition) is 4. The number of likely N-dealkylation sites (tertiary alicyclic amines) is 1. The largest absolute Gasteiger partial charge is 0.342 e. The monoisotopic (exact) mass is 463 g/mol. The number of rotatable bonds is 5. The molecule has 33 heavy (non-hydrogen) atoms. The van der Waals surface area contributed by atoms with Crippen molar-refractivity contribution in [3.8, 4) is 0 Å². The summed E-state index contributed by atoms with van der Waals surface area (Å²) in [6, 6.07) is 1.83. The van der Waals surface area contributed by atoms with Crippen molar-refractivity contribution in [2.24, 2.45) is 5.41 Å². The van der Waals surface area contributed by atoms with Crippen molar-refractivity contribution in [2.75, 3.05) is 13.1 Å². The molecule has 2 amide bonds. The van der Waals surface area contributed by atoms with Gasteiger partial charge in [-0.1, -0.05) is 13.5 Å². The first-order chi connectivity index (χ1) is 15.5. The highest BCUT2D eigenvalue weighted by Gasteiger charge is 2.60. The SMILES string of the molecule is C=C(F)C[C@](C)(/C=C(\C)F)[C@@H]1CC[C@H]2OC3(CCN(C(=O)c4cc(F)ccn4)CC3)C(=O)N12. The maximum atomic E-state index is 13.9. The van der Waals surface area contributed by atoms with Gasteiger partial charge in [0.05, 0.1) is 11.7 Å². The van der Waals surface area contributed by atoms with Crippen LogP contribution in [0.3, 0.4) is 0 Å². The van der Waals surface area contributed by atoms with Gasteiger partial charge in [0, 0.05) is 56.1 Å². The number of ether oxygens (including phenoxy) is 1. The van der Waals surface area contributed by atoms with Crippen LogP contribution in [0.25, 0.3) is 0 Å². The van der Waals surface area contributed by atoms with E-state index in [0.29, 0.717) is 12.8 Å². The molecule has 3 aliphatic heterocycles. The third kappa shape index (κ3) is 4.30. The molecule has 0 saturated carbocycles. The molecular weight excluding hydrogens is 435 g/mol. The fraction of sp³-hybridized carbons (Fsp3) is 0.542. The van der Waals surface area contributed by atoms with E-state index in [1.807, 2.05) is 0 Å². The molecule has 0 aromatic carbocycles. The van der Waals surface area contributed by atoms with E-state index < -0.39 is 46.7 Å². The summed E-state index contributed by atoms with van der Waals surface area (Å²) in [6.07, 6.45) is 3.77. The summed E-state index contributed by atoms with van der Waals surface area (Å²) in [5.41, 5.74) is -2.01. The minimum Gasteiger partial charge on any atom is -0.342 e. The Morgan fingerprint density at radius 2 is 2.06 bits per heavy atom. The number of nitrogens with zero attached hydrogens (tertiary/aromatic N) is 3. The van der Waals surface area contributed by atoms with Crippen molar-refractivity contribution in [3.05, 3.63) is 54.1 Å². The molecule has 1 spiro atoms. The summed E-state index contributed by atoms with van der Waals surface area (Å²) in [4.78, 5) is 33.4. The van der Waals surface area contributed by atoms with Crippen LogP contribution in [0.1, 0.15) is 56.4 Å². The number of halogens is 3. The van der Waals surface area contributed by atoms with Crippen molar-refractivity contribution < 1.29 is 27.5 Å². The molecule has 0 aliphatic carbocycles. The first kappa shape index (κ1) is 23.5. The lowest BCUT2D eigenvalue weighted by atomic mass is 9.76. The molecule has 0 bridgehead atoms. The Bertz CT molecular complexity index is 1000. The van der Waals surface area contributed by atoms with E-state index in [0.717, 1.165) is 6.07 Å². The molecule has 4 heterocycles. The molecule has 6 nitrogen and oxygen atoms in total. The number of carbonyl (C=O) groups is 2. The van der Waals surface area contributed by atoms with Gasteiger partial charge in [-0.05, 0) is 31.9 Å². The minimum absolute atomic E-state index is 0.0147. The van der Waals surface area contributed by atoms with Crippen molar-refractivity contribution in [1.82, 2.24) is 14.8 Å². The standard InChI is InChI=1S/C24H28F3N3O3/c1-15(25)13-23(3,14-16(2)26)19-4-5-20-30(19)22(32)24(33-20)7-10-29(11-8-24)21(31)18-12-17(27)6-9-28-18/h6,9,12,14,19-20H,1,4-5,7-8,10-11,13H2,2-3H3/b16-14+/t19-,20+,23+/m0/s1. The van der Waals surface area contributed by atoms with E-state index in [-0.39, 0.29) is 44.0 Å². The average Bonchev–Trinajstić information content (AvgIpc) is 3.26. The quantitative estimate of drug-likeness (QED) is 0.654. The Labute approximate surface area is 191 Å². The fourth-order valence-corrected chi connectivity index (χ4v) is 5.58. The summed E-state index contributed by atoms with van der Waals surface area (Å²) in [5.74, 6) is -2.16. The summed E-state index contributed by atoms with van der Waals surface area (Å²) >= 11 is 0. The van der Waals surface area contributed by atoms with Crippen LogP contribution in [0.2, 0.25) is 0 Å². The van der Waals surface area contributed by atoms with Crippen molar-refractivity contribution in [2.45, 2.75) is 63.8 Å². The summed E-state index contributed by atoms with van der Waals surface area (Å²) < 4.78 is 47.4. The van der Waals surface area contributed by atoms with E-state index in [1.54, 1.807) is 11.8 Å². The van der Waals surface area contributed by atoms with Gasteiger partial charge in [0.2, 0.25) is 0 Å². The van der Waals surface area contributed by atoms with Crippen LogP contribution in [-0.2, 0) is 9.53 Å². The molecule has 3 fully saturated rings. The number of amides is 2. The van der Waals surface area contributed by atoms with Gasteiger partial charge in [0.25, 0.3) is 11.8 Å². The molecule has 3 atom stereocenters. The second-order valence-electron chi connectivity index (χ2n) is 9.45. The maximum absolute atomic E-state index is 13.9. The van der Waals surface area contributed by atoms with Crippen LogP contribution in [0.15, 0.2) is 42.6 Å². The van der Waals surface area contributed by atoms with Crippen LogP contribution >= 0.6 is 0 Å².